The van der Waals surface area contributed by atoms with Crippen molar-refractivity contribution in [2.75, 3.05) is 5.32 Å². The Morgan fingerprint density at radius 3 is 2.60 bits per heavy atom. The number of rotatable bonds is 6. The molecule has 1 aliphatic carbocycles. The van der Waals surface area contributed by atoms with E-state index < -0.39 is 0 Å². The number of amides is 2. The molecule has 3 heterocycles. The number of para-hydroxylation sites is 2. The van der Waals surface area contributed by atoms with Gasteiger partial charge in [0.15, 0.2) is 0 Å². The molecule has 2 amide bonds. The quantitative estimate of drug-likeness (QED) is 0.408. The van der Waals surface area contributed by atoms with Crippen molar-refractivity contribution in [3.63, 3.8) is 0 Å². The van der Waals surface area contributed by atoms with Crippen LogP contribution in [0.3, 0.4) is 0 Å². The topological polar surface area (TPSA) is 102 Å². The maximum atomic E-state index is 11.9. The minimum Gasteiger partial charge on any atom is -0.382 e. The molecular formula is C27H26N6O2. The first kappa shape index (κ1) is 21.5. The first-order valence-corrected chi connectivity index (χ1v) is 12.1. The van der Waals surface area contributed by atoms with E-state index in [0.717, 1.165) is 66.6 Å². The lowest BCUT2D eigenvalue weighted by molar-refractivity contribution is 0.0879. The average Bonchev–Trinajstić information content (AvgIpc) is 3.47. The Morgan fingerprint density at radius 1 is 0.943 bits per heavy atom. The van der Waals surface area contributed by atoms with Crippen molar-refractivity contribution in [1.82, 2.24) is 25.1 Å². The van der Waals surface area contributed by atoms with Crippen LogP contribution >= 0.6 is 0 Å². The number of aromatic nitrogens is 4. The van der Waals surface area contributed by atoms with Crippen LogP contribution in [-0.4, -0.2) is 37.6 Å². The summed E-state index contributed by atoms with van der Waals surface area (Å²) >= 11 is 0. The van der Waals surface area contributed by atoms with Gasteiger partial charge in [0, 0.05) is 30.0 Å². The van der Waals surface area contributed by atoms with Gasteiger partial charge in [-0.1, -0.05) is 12.1 Å². The van der Waals surface area contributed by atoms with Gasteiger partial charge in [-0.3, -0.25) is 24.6 Å². The first-order valence-electron chi connectivity index (χ1n) is 12.1. The highest BCUT2D eigenvalue weighted by Gasteiger charge is 2.27. The van der Waals surface area contributed by atoms with Gasteiger partial charge in [0.1, 0.15) is 0 Å². The van der Waals surface area contributed by atoms with E-state index in [-0.39, 0.29) is 11.8 Å². The fraction of sp³-hybridized carbons (Fsp3) is 0.296. The Hall–Kier alpha value is -4.07. The normalized spacial score (nSPS) is 19.5. The summed E-state index contributed by atoms with van der Waals surface area (Å²) in [4.78, 5) is 32.9. The second-order valence-corrected chi connectivity index (χ2v) is 9.43. The van der Waals surface area contributed by atoms with E-state index in [1.54, 1.807) is 12.1 Å². The Balaban J connectivity index is 1.01. The predicted octanol–water partition coefficient (Wildman–Crippen LogP) is 4.44. The van der Waals surface area contributed by atoms with Gasteiger partial charge in [0.05, 0.1) is 40.2 Å². The SMILES string of the molecule is O=C1NC(=O)c2cc(NC3CCC(CCn4cc(-c5cnc6ccccc6n5)cn4)CC3)ccc21. The van der Waals surface area contributed by atoms with Crippen LogP contribution in [0.2, 0.25) is 0 Å². The molecule has 0 unspecified atom stereocenters. The summed E-state index contributed by atoms with van der Waals surface area (Å²) < 4.78 is 2.01. The molecular weight excluding hydrogens is 440 g/mol. The van der Waals surface area contributed by atoms with Crippen LogP contribution in [0.1, 0.15) is 52.8 Å². The van der Waals surface area contributed by atoms with E-state index in [1.807, 2.05) is 47.4 Å². The zero-order valence-electron chi connectivity index (χ0n) is 19.3. The van der Waals surface area contributed by atoms with Crippen LogP contribution < -0.4 is 10.6 Å². The minimum absolute atomic E-state index is 0.313. The summed E-state index contributed by atoms with van der Waals surface area (Å²) in [5, 5.41) is 10.4. The molecule has 8 heteroatoms. The largest absolute Gasteiger partial charge is 0.382 e. The number of aryl methyl sites for hydroxylation is 1. The Morgan fingerprint density at radius 2 is 1.74 bits per heavy atom. The summed E-state index contributed by atoms with van der Waals surface area (Å²) in [6, 6.07) is 13.7. The van der Waals surface area contributed by atoms with Crippen LogP contribution in [0.25, 0.3) is 22.3 Å². The molecule has 0 radical (unpaired) electrons. The minimum atomic E-state index is -0.313. The second-order valence-electron chi connectivity index (χ2n) is 9.43. The lowest BCUT2D eigenvalue weighted by atomic mass is 9.84. The molecule has 0 atom stereocenters. The van der Waals surface area contributed by atoms with Gasteiger partial charge in [0.2, 0.25) is 0 Å². The fourth-order valence-corrected chi connectivity index (χ4v) is 5.12. The number of nitrogens with zero attached hydrogens (tertiary/aromatic N) is 4. The molecule has 1 saturated carbocycles. The number of benzene rings is 2. The number of anilines is 1. The molecule has 6 rings (SSSR count). The van der Waals surface area contributed by atoms with E-state index in [1.165, 1.54) is 0 Å². The monoisotopic (exact) mass is 466 g/mol. The first-order chi connectivity index (χ1) is 17.1. The molecule has 2 aliphatic rings. The molecule has 8 nitrogen and oxygen atoms in total. The highest BCUT2D eigenvalue weighted by molar-refractivity contribution is 6.21. The van der Waals surface area contributed by atoms with Gasteiger partial charge in [-0.05, 0) is 68.4 Å². The zero-order chi connectivity index (χ0) is 23.8. The van der Waals surface area contributed by atoms with Gasteiger partial charge >= 0.3 is 0 Å². The number of carbonyl (C=O) groups excluding carboxylic acids is 2. The lowest BCUT2D eigenvalue weighted by Crippen LogP contribution is -2.26. The fourth-order valence-electron chi connectivity index (χ4n) is 5.12. The van der Waals surface area contributed by atoms with E-state index in [9.17, 15) is 9.59 Å². The van der Waals surface area contributed by atoms with Crippen molar-refractivity contribution >= 4 is 28.5 Å². The van der Waals surface area contributed by atoms with Crippen LogP contribution in [0.4, 0.5) is 5.69 Å². The molecule has 0 spiro atoms. The van der Waals surface area contributed by atoms with Gasteiger partial charge in [-0.15, -0.1) is 0 Å². The number of hydrogen-bond acceptors (Lipinski definition) is 6. The van der Waals surface area contributed by atoms with Crippen molar-refractivity contribution < 1.29 is 9.59 Å². The number of carbonyl (C=O) groups is 2. The third kappa shape index (κ3) is 4.39. The molecule has 2 N–H and O–H groups in total. The third-order valence-corrected chi connectivity index (χ3v) is 7.10. The number of hydrogen-bond donors (Lipinski definition) is 2. The maximum Gasteiger partial charge on any atom is 0.259 e. The van der Waals surface area contributed by atoms with E-state index in [4.69, 9.17) is 4.98 Å². The van der Waals surface area contributed by atoms with Crippen molar-refractivity contribution in [3.05, 3.63) is 72.2 Å². The number of nitrogens with one attached hydrogen (secondary N) is 2. The van der Waals surface area contributed by atoms with Crippen molar-refractivity contribution in [3.8, 4) is 11.3 Å². The average molecular weight is 467 g/mol. The third-order valence-electron chi connectivity index (χ3n) is 7.10. The predicted molar refractivity (Wildman–Crippen MR) is 133 cm³/mol. The molecule has 0 saturated heterocycles. The summed E-state index contributed by atoms with van der Waals surface area (Å²) in [7, 11) is 0. The molecule has 0 bridgehead atoms. The standard InChI is InChI=1S/C27H26N6O2/c34-26-21-10-9-20(13-22(21)27(35)32-26)30-19-7-5-17(6-8-19)11-12-33-16-18(14-29-33)25-15-28-23-3-1-2-4-24(23)31-25/h1-4,9-10,13-17,19,30H,5-8,11-12H2,(H,32,34,35). The van der Waals surface area contributed by atoms with Crippen molar-refractivity contribution in [2.24, 2.45) is 5.92 Å². The number of fused-ring (bicyclic) bond motifs is 2. The van der Waals surface area contributed by atoms with Crippen LogP contribution in [0.5, 0.6) is 0 Å². The van der Waals surface area contributed by atoms with E-state index in [2.05, 4.69) is 26.9 Å². The Labute approximate surface area is 202 Å². The van der Waals surface area contributed by atoms with E-state index >= 15 is 0 Å². The highest BCUT2D eigenvalue weighted by Crippen LogP contribution is 2.30. The summed E-state index contributed by atoms with van der Waals surface area (Å²) in [6.45, 7) is 0.887. The van der Waals surface area contributed by atoms with Gasteiger partial charge in [-0.25, -0.2) is 4.98 Å². The lowest BCUT2D eigenvalue weighted by Gasteiger charge is -2.30. The van der Waals surface area contributed by atoms with Crippen LogP contribution in [0, 0.1) is 5.92 Å². The molecule has 1 fully saturated rings. The van der Waals surface area contributed by atoms with Gasteiger partial charge in [-0.2, -0.15) is 5.10 Å². The number of imide groups is 1. The van der Waals surface area contributed by atoms with Crippen molar-refractivity contribution in [2.45, 2.75) is 44.7 Å². The molecule has 2 aromatic carbocycles. The summed E-state index contributed by atoms with van der Waals surface area (Å²) in [5.41, 5.74) is 5.43. The van der Waals surface area contributed by atoms with Gasteiger partial charge < -0.3 is 5.32 Å². The zero-order valence-corrected chi connectivity index (χ0v) is 19.3. The van der Waals surface area contributed by atoms with Gasteiger partial charge in [0.25, 0.3) is 11.8 Å². The molecule has 1 aliphatic heterocycles. The highest BCUT2D eigenvalue weighted by atomic mass is 16.2. The van der Waals surface area contributed by atoms with E-state index in [0.29, 0.717) is 23.1 Å². The Kier molecular flexibility index (Phi) is 5.48. The van der Waals surface area contributed by atoms with Crippen LogP contribution in [0.15, 0.2) is 61.1 Å². The molecule has 4 aromatic rings. The molecule has 2 aromatic heterocycles. The van der Waals surface area contributed by atoms with Crippen molar-refractivity contribution in [1.29, 1.82) is 0 Å². The maximum absolute atomic E-state index is 11.9. The summed E-state index contributed by atoms with van der Waals surface area (Å²) in [6.07, 6.45) is 11.3. The van der Waals surface area contributed by atoms with Crippen LogP contribution in [-0.2, 0) is 6.54 Å². The second kappa shape index (κ2) is 8.94. The molecule has 176 valence electrons. The Bertz CT molecular complexity index is 1420. The summed E-state index contributed by atoms with van der Waals surface area (Å²) in [5.74, 6) is 0.0444. The smallest absolute Gasteiger partial charge is 0.259 e. The molecule has 35 heavy (non-hydrogen) atoms.